The maximum absolute atomic E-state index is 13.0. The highest BCUT2D eigenvalue weighted by molar-refractivity contribution is 7.91. The summed E-state index contributed by atoms with van der Waals surface area (Å²) in [5.41, 5.74) is -1.94. The van der Waals surface area contributed by atoms with E-state index in [4.69, 9.17) is 9.78 Å². The molecule has 1 aliphatic heterocycles. The van der Waals surface area contributed by atoms with Crippen molar-refractivity contribution in [1.82, 2.24) is 0 Å². The Labute approximate surface area is 135 Å². The average Bonchev–Trinajstić information content (AvgIpc) is 2.45. The maximum Gasteiger partial charge on any atom is 0.181 e. The molecule has 3 unspecified atom stereocenters. The summed E-state index contributed by atoms with van der Waals surface area (Å²) in [5.74, 6) is -0.744. The summed E-state index contributed by atoms with van der Waals surface area (Å²) in [4.78, 5) is 10.8. The van der Waals surface area contributed by atoms with Crippen LogP contribution in [-0.2, 0) is 19.6 Å². The largest absolute Gasteiger partial charge is 0.387 e. The summed E-state index contributed by atoms with van der Waals surface area (Å²) in [7, 11) is -3.63. The predicted octanol–water partition coefficient (Wildman–Crippen LogP) is 2.24. The second-order valence-corrected chi connectivity index (χ2v) is 9.01. The molecule has 1 heterocycles. The molecule has 0 amide bonds. The quantitative estimate of drug-likeness (QED) is 0.672. The molecule has 23 heavy (non-hydrogen) atoms. The van der Waals surface area contributed by atoms with Gasteiger partial charge in [-0.05, 0) is 63.3 Å². The summed E-state index contributed by atoms with van der Waals surface area (Å²) in [6.45, 7) is 3.42. The molecule has 128 valence electrons. The monoisotopic (exact) mass is 344 g/mol. The van der Waals surface area contributed by atoms with Gasteiger partial charge in [0, 0.05) is 0 Å². The van der Waals surface area contributed by atoms with Crippen LogP contribution in [0, 0.1) is 11.7 Å². The molecule has 1 saturated heterocycles. The van der Waals surface area contributed by atoms with Crippen molar-refractivity contribution < 1.29 is 27.7 Å². The van der Waals surface area contributed by atoms with Crippen molar-refractivity contribution >= 4 is 9.84 Å². The molecule has 1 N–H and O–H groups in total. The van der Waals surface area contributed by atoms with Crippen molar-refractivity contribution in [3.8, 4) is 0 Å². The molecular formula is C16H21FO5S. The normalized spacial score (nSPS) is 37.6. The first-order valence-corrected chi connectivity index (χ1v) is 9.33. The van der Waals surface area contributed by atoms with Crippen LogP contribution in [0.4, 0.5) is 4.39 Å². The summed E-state index contributed by atoms with van der Waals surface area (Å²) in [5, 5.41) is 10.2. The average molecular weight is 344 g/mol. The number of rotatable bonds is 3. The Morgan fingerprint density at radius 3 is 2.61 bits per heavy atom. The standard InChI is InChI=1S/C16H21FO5S/c1-15(18)8-7-11-9-14(15)21-22-16(11,2)10-23(19,20)13-5-3-12(17)4-6-13/h3-6,11,14,18H,7-10H2,1-2H3/t11?,14?,15?,16-/m0/s1. The van der Waals surface area contributed by atoms with Gasteiger partial charge in [0.05, 0.1) is 16.2 Å². The van der Waals surface area contributed by atoms with E-state index >= 15 is 0 Å². The minimum atomic E-state index is -3.63. The molecule has 5 nitrogen and oxygen atoms in total. The Hall–Kier alpha value is -1.02. The fourth-order valence-electron chi connectivity index (χ4n) is 3.44. The number of fused-ring (bicyclic) bond motifs is 2. The molecule has 2 bridgehead atoms. The lowest BCUT2D eigenvalue weighted by Crippen LogP contribution is -2.58. The van der Waals surface area contributed by atoms with Crippen LogP contribution in [0.2, 0.25) is 0 Å². The van der Waals surface area contributed by atoms with Gasteiger partial charge in [-0.15, -0.1) is 0 Å². The van der Waals surface area contributed by atoms with Gasteiger partial charge in [0.25, 0.3) is 0 Å². The van der Waals surface area contributed by atoms with Gasteiger partial charge in [-0.2, -0.15) is 0 Å². The van der Waals surface area contributed by atoms with E-state index in [1.807, 2.05) is 0 Å². The molecule has 1 aromatic carbocycles. The minimum absolute atomic E-state index is 0.0169. The van der Waals surface area contributed by atoms with E-state index in [0.717, 1.165) is 12.1 Å². The summed E-state index contributed by atoms with van der Waals surface area (Å²) >= 11 is 0. The van der Waals surface area contributed by atoms with E-state index in [2.05, 4.69) is 0 Å². The molecule has 7 heteroatoms. The zero-order valence-corrected chi connectivity index (χ0v) is 14.0. The maximum atomic E-state index is 13.0. The summed E-state index contributed by atoms with van der Waals surface area (Å²) in [6.07, 6.45) is 1.32. The summed E-state index contributed by atoms with van der Waals surface area (Å²) in [6, 6.07) is 4.76. The van der Waals surface area contributed by atoms with Crippen molar-refractivity contribution in [2.24, 2.45) is 5.92 Å². The lowest BCUT2D eigenvalue weighted by Gasteiger charge is -2.50. The highest BCUT2D eigenvalue weighted by Gasteiger charge is 2.53. The Kier molecular flexibility index (Phi) is 4.03. The topological polar surface area (TPSA) is 72.8 Å². The van der Waals surface area contributed by atoms with Crippen molar-refractivity contribution in [3.05, 3.63) is 30.1 Å². The highest BCUT2D eigenvalue weighted by atomic mass is 32.2. The second-order valence-electron chi connectivity index (χ2n) is 7.02. The first-order valence-electron chi connectivity index (χ1n) is 7.68. The van der Waals surface area contributed by atoms with E-state index in [1.165, 1.54) is 12.1 Å². The zero-order chi connectivity index (χ0) is 16.9. The Balaban J connectivity index is 1.81. The van der Waals surface area contributed by atoms with Gasteiger partial charge < -0.3 is 5.11 Å². The smallest absolute Gasteiger partial charge is 0.181 e. The Bertz CT molecular complexity index is 685. The Morgan fingerprint density at radius 2 is 1.96 bits per heavy atom. The van der Waals surface area contributed by atoms with Gasteiger partial charge in [0.15, 0.2) is 9.84 Å². The molecular weight excluding hydrogens is 323 g/mol. The molecule has 1 aliphatic carbocycles. The van der Waals surface area contributed by atoms with Crippen LogP contribution in [0.3, 0.4) is 0 Å². The fraction of sp³-hybridized carbons (Fsp3) is 0.625. The van der Waals surface area contributed by atoms with Crippen LogP contribution in [0.25, 0.3) is 0 Å². The molecule has 2 aliphatic rings. The zero-order valence-electron chi connectivity index (χ0n) is 13.2. The number of halogens is 1. The van der Waals surface area contributed by atoms with Crippen LogP contribution < -0.4 is 0 Å². The van der Waals surface area contributed by atoms with E-state index in [1.54, 1.807) is 13.8 Å². The molecule has 2 fully saturated rings. The number of aliphatic hydroxyl groups is 1. The Morgan fingerprint density at radius 1 is 1.30 bits per heavy atom. The third kappa shape index (κ3) is 3.15. The van der Waals surface area contributed by atoms with Crippen molar-refractivity contribution in [3.63, 3.8) is 0 Å². The van der Waals surface area contributed by atoms with Crippen molar-refractivity contribution in [2.75, 3.05) is 5.75 Å². The van der Waals surface area contributed by atoms with Gasteiger partial charge in [-0.25, -0.2) is 22.6 Å². The van der Waals surface area contributed by atoms with Crippen LogP contribution in [0.15, 0.2) is 29.2 Å². The van der Waals surface area contributed by atoms with E-state index < -0.39 is 33.0 Å². The molecule has 0 aromatic heterocycles. The predicted molar refractivity (Wildman–Crippen MR) is 80.8 cm³/mol. The lowest BCUT2D eigenvalue weighted by molar-refractivity contribution is -0.441. The van der Waals surface area contributed by atoms with Crippen LogP contribution in [0.1, 0.15) is 33.1 Å². The van der Waals surface area contributed by atoms with Crippen LogP contribution >= 0.6 is 0 Å². The molecule has 3 rings (SSSR count). The van der Waals surface area contributed by atoms with Gasteiger partial charge >= 0.3 is 0 Å². The van der Waals surface area contributed by atoms with Gasteiger partial charge in [0.2, 0.25) is 0 Å². The molecule has 1 saturated carbocycles. The van der Waals surface area contributed by atoms with E-state index in [0.29, 0.717) is 19.3 Å². The SMILES string of the molecule is CC1(O)CCC2CC1OO[C@@]2(C)CS(=O)(=O)c1ccc(F)cc1. The van der Waals surface area contributed by atoms with E-state index in [-0.39, 0.29) is 16.6 Å². The second kappa shape index (κ2) is 5.51. The number of benzene rings is 1. The third-order valence-corrected chi connectivity index (χ3v) is 7.00. The summed E-state index contributed by atoms with van der Waals surface area (Å²) < 4.78 is 38.2. The van der Waals surface area contributed by atoms with Crippen LogP contribution in [0.5, 0.6) is 0 Å². The number of hydrogen-bond donors (Lipinski definition) is 1. The molecule has 0 spiro atoms. The fourth-order valence-corrected chi connectivity index (χ4v) is 5.19. The first kappa shape index (κ1) is 16.8. The van der Waals surface area contributed by atoms with E-state index in [9.17, 15) is 17.9 Å². The highest BCUT2D eigenvalue weighted by Crippen LogP contribution is 2.45. The van der Waals surface area contributed by atoms with Gasteiger partial charge in [-0.1, -0.05) is 0 Å². The number of sulfone groups is 1. The van der Waals surface area contributed by atoms with Gasteiger partial charge in [0.1, 0.15) is 17.5 Å². The number of hydrogen-bond acceptors (Lipinski definition) is 5. The first-order chi connectivity index (χ1) is 10.6. The molecule has 0 radical (unpaired) electrons. The van der Waals surface area contributed by atoms with Crippen LogP contribution in [-0.4, -0.2) is 36.6 Å². The third-order valence-electron chi connectivity index (χ3n) is 5.06. The van der Waals surface area contributed by atoms with Crippen molar-refractivity contribution in [1.29, 1.82) is 0 Å². The lowest BCUT2D eigenvalue weighted by atomic mass is 9.71. The molecule has 4 atom stereocenters. The molecule has 1 aromatic rings. The minimum Gasteiger partial charge on any atom is -0.387 e. The van der Waals surface area contributed by atoms with Crippen molar-refractivity contribution in [2.45, 2.75) is 55.3 Å². The van der Waals surface area contributed by atoms with Gasteiger partial charge in [-0.3, -0.25) is 0 Å².